The Hall–Kier alpha value is -1.42. The quantitative estimate of drug-likeness (QED) is 0.538. The van der Waals surface area contributed by atoms with Crippen molar-refractivity contribution in [2.24, 2.45) is 5.92 Å². The van der Waals surface area contributed by atoms with E-state index in [1.54, 1.807) is 6.92 Å². The van der Waals surface area contributed by atoms with Crippen LogP contribution in [0.15, 0.2) is 22.8 Å². The van der Waals surface area contributed by atoms with Crippen LogP contribution in [-0.2, 0) is 14.3 Å². The number of hydrogen-bond donors (Lipinski definition) is 1. The molecule has 0 radical (unpaired) electrons. The highest BCUT2D eigenvalue weighted by Gasteiger charge is 2.45. The zero-order valence-electron chi connectivity index (χ0n) is 11.7. The van der Waals surface area contributed by atoms with Gasteiger partial charge in [0.2, 0.25) is 5.79 Å². The largest absolute Gasteiger partial charge is 0.425 e. The first-order valence-electron chi connectivity index (χ1n) is 6.68. The molecule has 1 aliphatic heterocycles. The van der Waals surface area contributed by atoms with Crippen molar-refractivity contribution in [3.63, 3.8) is 0 Å². The van der Waals surface area contributed by atoms with Crippen molar-refractivity contribution in [3.8, 4) is 0 Å². The van der Waals surface area contributed by atoms with Gasteiger partial charge in [0.05, 0.1) is 0 Å². The molecule has 0 saturated heterocycles. The molecule has 4 nitrogen and oxygen atoms in total. The summed E-state index contributed by atoms with van der Waals surface area (Å²) in [5, 5.41) is 10.6. The van der Waals surface area contributed by atoms with Crippen molar-refractivity contribution in [2.75, 3.05) is 0 Å². The lowest BCUT2D eigenvalue weighted by atomic mass is 9.86. The van der Waals surface area contributed by atoms with E-state index in [1.807, 2.05) is 19.9 Å². The summed E-state index contributed by atoms with van der Waals surface area (Å²) in [6.07, 6.45) is 3.96. The number of fused-ring (bicyclic) bond motifs is 1. The number of allylic oxidation sites excluding steroid dienone is 1. The molecule has 0 bridgehead atoms. The van der Waals surface area contributed by atoms with Crippen LogP contribution >= 0.6 is 0 Å². The molecule has 0 aromatic heterocycles. The first-order valence-corrected chi connectivity index (χ1v) is 6.68. The predicted octanol–water partition coefficient (Wildman–Crippen LogP) is 2.27. The fraction of sp³-hybridized carbons (Fsp3) is 0.600. The zero-order chi connectivity index (χ0) is 14.2. The standard InChI is InChI=1S/C15H20O4/c1-9-5-4-6-10(2)13(16)7-12-11(3)14(17)19-15(12,18)8-9/h5,10,18H,4,6-8H2,1-3H3/b9-5+/t10-,15-/m0/s1. The third kappa shape index (κ3) is 2.63. The van der Waals surface area contributed by atoms with Crippen LogP contribution in [0.5, 0.6) is 0 Å². The van der Waals surface area contributed by atoms with Crippen molar-refractivity contribution in [2.45, 2.75) is 52.2 Å². The van der Waals surface area contributed by atoms with Gasteiger partial charge in [0, 0.05) is 29.9 Å². The molecule has 19 heavy (non-hydrogen) atoms. The fourth-order valence-corrected chi connectivity index (χ4v) is 2.66. The second-order valence-electron chi connectivity index (χ2n) is 5.63. The maximum absolute atomic E-state index is 12.1. The third-order valence-electron chi connectivity index (χ3n) is 4.00. The smallest absolute Gasteiger partial charge is 0.336 e. The highest BCUT2D eigenvalue weighted by atomic mass is 16.7. The maximum Gasteiger partial charge on any atom is 0.336 e. The number of esters is 1. The van der Waals surface area contributed by atoms with Crippen LogP contribution < -0.4 is 0 Å². The van der Waals surface area contributed by atoms with E-state index in [9.17, 15) is 14.7 Å². The van der Waals surface area contributed by atoms with E-state index in [2.05, 4.69) is 0 Å². The molecule has 0 amide bonds. The fourth-order valence-electron chi connectivity index (χ4n) is 2.66. The number of Topliss-reactive ketones (excluding diaryl/α,β-unsaturated/α-hetero) is 1. The van der Waals surface area contributed by atoms with Gasteiger partial charge >= 0.3 is 5.97 Å². The molecule has 0 saturated carbocycles. The summed E-state index contributed by atoms with van der Waals surface area (Å²) in [5.74, 6) is -2.17. The van der Waals surface area contributed by atoms with Gasteiger partial charge in [-0.1, -0.05) is 18.6 Å². The SMILES string of the molecule is CC1=C2CC(=O)[C@@H](C)CC/C=C(\C)C[C@]2(O)OC1=O. The van der Waals surface area contributed by atoms with E-state index in [0.29, 0.717) is 11.1 Å². The Balaban J connectivity index is 2.42. The van der Waals surface area contributed by atoms with E-state index >= 15 is 0 Å². The Morgan fingerprint density at radius 3 is 2.74 bits per heavy atom. The summed E-state index contributed by atoms with van der Waals surface area (Å²) >= 11 is 0. The van der Waals surface area contributed by atoms with Gasteiger partial charge in [0.25, 0.3) is 0 Å². The molecule has 0 spiro atoms. The minimum absolute atomic E-state index is 0.0547. The molecule has 2 rings (SSSR count). The molecule has 0 aromatic carbocycles. The van der Waals surface area contributed by atoms with Gasteiger partial charge in [-0.2, -0.15) is 0 Å². The van der Waals surface area contributed by atoms with Crippen molar-refractivity contribution >= 4 is 11.8 Å². The van der Waals surface area contributed by atoms with Gasteiger partial charge in [0.15, 0.2) is 0 Å². The van der Waals surface area contributed by atoms with Crippen molar-refractivity contribution in [3.05, 3.63) is 22.8 Å². The van der Waals surface area contributed by atoms with Gasteiger partial charge < -0.3 is 9.84 Å². The third-order valence-corrected chi connectivity index (χ3v) is 4.00. The lowest BCUT2D eigenvalue weighted by molar-refractivity contribution is -0.181. The topological polar surface area (TPSA) is 63.6 Å². The first-order chi connectivity index (χ1) is 8.83. The average Bonchev–Trinajstić information content (AvgIpc) is 2.51. The van der Waals surface area contributed by atoms with E-state index in [1.165, 1.54) is 0 Å². The van der Waals surface area contributed by atoms with Gasteiger partial charge in [-0.25, -0.2) is 4.79 Å². The molecule has 2 aliphatic rings. The molecule has 104 valence electrons. The van der Waals surface area contributed by atoms with E-state index in [4.69, 9.17) is 4.74 Å². The van der Waals surface area contributed by atoms with Crippen LogP contribution in [0.25, 0.3) is 0 Å². The average molecular weight is 264 g/mol. The number of ketones is 1. The normalized spacial score (nSPS) is 35.6. The van der Waals surface area contributed by atoms with Crippen molar-refractivity contribution < 1.29 is 19.4 Å². The number of rotatable bonds is 0. The van der Waals surface area contributed by atoms with Gasteiger partial charge in [0.1, 0.15) is 5.78 Å². The summed E-state index contributed by atoms with van der Waals surface area (Å²) in [6.45, 7) is 5.41. The molecular formula is C15H20O4. The Bertz CT molecular complexity index is 486. The molecule has 1 N–H and O–H groups in total. The Morgan fingerprint density at radius 1 is 1.37 bits per heavy atom. The van der Waals surface area contributed by atoms with E-state index in [-0.39, 0.29) is 24.5 Å². The molecule has 2 atom stereocenters. The number of hydrogen-bond acceptors (Lipinski definition) is 4. The summed E-state index contributed by atoms with van der Waals surface area (Å²) in [5.41, 5.74) is 1.78. The second-order valence-corrected chi connectivity index (χ2v) is 5.63. The first kappa shape index (κ1) is 14.0. The Labute approximate surface area is 113 Å². The lowest BCUT2D eigenvalue weighted by Crippen LogP contribution is -2.34. The molecular weight excluding hydrogens is 244 g/mol. The number of aliphatic hydroxyl groups is 1. The Morgan fingerprint density at radius 2 is 2.05 bits per heavy atom. The van der Waals surface area contributed by atoms with Gasteiger partial charge in [-0.05, 0) is 26.7 Å². The summed E-state index contributed by atoms with van der Waals surface area (Å²) in [7, 11) is 0. The number of carbonyl (C=O) groups excluding carboxylic acids is 2. The van der Waals surface area contributed by atoms with E-state index < -0.39 is 11.8 Å². The monoisotopic (exact) mass is 264 g/mol. The number of ether oxygens (including phenoxy) is 1. The summed E-state index contributed by atoms with van der Waals surface area (Å²) in [4.78, 5) is 23.8. The van der Waals surface area contributed by atoms with Crippen LogP contribution in [0.3, 0.4) is 0 Å². The second kappa shape index (κ2) is 4.93. The molecule has 0 unspecified atom stereocenters. The molecule has 1 aliphatic carbocycles. The highest BCUT2D eigenvalue weighted by Crippen LogP contribution is 2.39. The Kier molecular flexibility index (Phi) is 3.63. The van der Waals surface area contributed by atoms with Crippen LogP contribution in [-0.4, -0.2) is 22.6 Å². The number of carbonyl (C=O) groups is 2. The molecule has 0 aromatic rings. The van der Waals surface area contributed by atoms with Crippen LogP contribution in [0.4, 0.5) is 0 Å². The maximum atomic E-state index is 12.1. The zero-order valence-corrected chi connectivity index (χ0v) is 11.7. The van der Waals surface area contributed by atoms with Gasteiger partial charge in [-0.3, -0.25) is 4.79 Å². The van der Waals surface area contributed by atoms with Crippen LogP contribution in [0, 0.1) is 5.92 Å². The van der Waals surface area contributed by atoms with Crippen LogP contribution in [0.1, 0.15) is 46.5 Å². The minimum Gasteiger partial charge on any atom is -0.425 e. The van der Waals surface area contributed by atoms with Crippen molar-refractivity contribution in [1.29, 1.82) is 0 Å². The molecule has 0 fully saturated rings. The summed E-state index contributed by atoms with van der Waals surface area (Å²) in [6, 6.07) is 0. The highest BCUT2D eigenvalue weighted by molar-refractivity contribution is 5.95. The van der Waals surface area contributed by atoms with Crippen molar-refractivity contribution in [1.82, 2.24) is 0 Å². The molecule has 1 heterocycles. The lowest BCUT2D eigenvalue weighted by Gasteiger charge is -2.27. The van der Waals surface area contributed by atoms with Crippen LogP contribution in [0.2, 0.25) is 0 Å². The van der Waals surface area contributed by atoms with E-state index in [0.717, 1.165) is 18.4 Å². The predicted molar refractivity (Wildman–Crippen MR) is 70.1 cm³/mol. The van der Waals surface area contributed by atoms with Gasteiger partial charge in [-0.15, -0.1) is 0 Å². The summed E-state index contributed by atoms with van der Waals surface area (Å²) < 4.78 is 5.10. The minimum atomic E-state index is -1.63. The molecule has 4 heteroatoms.